The van der Waals surface area contributed by atoms with Gasteiger partial charge in [-0.2, -0.15) is 0 Å². The monoisotopic (exact) mass is 356 g/mol. The van der Waals surface area contributed by atoms with Crippen LogP contribution in [0.5, 0.6) is 0 Å². The molecule has 1 aliphatic rings. The Morgan fingerprint density at radius 1 is 1.23 bits per heavy atom. The Balaban J connectivity index is 2.40. The van der Waals surface area contributed by atoms with Gasteiger partial charge in [0.25, 0.3) is 5.91 Å². The van der Waals surface area contributed by atoms with Gasteiger partial charge < -0.3 is 0 Å². The van der Waals surface area contributed by atoms with Crippen molar-refractivity contribution in [3.05, 3.63) is 38.7 Å². The maximum atomic E-state index is 12.6. The highest BCUT2D eigenvalue weighted by Gasteiger charge is 2.35. The standard InChI is InChI=1S/C16H18Cl2N2OS/c1-9(2)19-16-20(10(3)4)15(21)14(22-16)7-11-5-6-12(17)8-13(11)18/h5-10H,1-4H3/b14-7+,19-16?. The molecule has 0 atom stereocenters. The van der Waals surface area contributed by atoms with Gasteiger partial charge in [-0.1, -0.05) is 29.3 Å². The molecule has 2 rings (SSSR count). The van der Waals surface area contributed by atoms with Gasteiger partial charge in [-0.15, -0.1) is 0 Å². The summed E-state index contributed by atoms with van der Waals surface area (Å²) in [6.07, 6.45) is 1.80. The van der Waals surface area contributed by atoms with Crippen molar-refractivity contribution in [3.8, 4) is 0 Å². The minimum atomic E-state index is -0.0367. The molecule has 0 saturated carbocycles. The van der Waals surface area contributed by atoms with Crippen LogP contribution < -0.4 is 0 Å². The molecule has 0 radical (unpaired) electrons. The first-order valence-corrected chi connectivity index (χ1v) is 8.62. The molecule has 0 unspecified atom stereocenters. The molecule has 22 heavy (non-hydrogen) atoms. The Kier molecular flexibility index (Phi) is 5.59. The molecular formula is C16H18Cl2N2OS. The second kappa shape index (κ2) is 7.07. The number of halogens is 2. The van der Waals surface area contributed by atoms with Crippen molar-refractivity contribution in [2.75, 3.05) is 0 Å². The molecule has 0 N–H and O–H groups in total. The third kappa shape index (κ3) is 3.86. The lowest BCUT2D eigenvalue weighted by molar-refractivity contribution is -0.123. The zero-order valence-corrected chi connectivity index (χ0v) is 15.3. The molecule has 3 nitrogen and oxygen atoms in total. The summed E-state index contributed by atoms with van der Waals surface area (Å²) < 4.78 is 0. The molecule has 1 saturated heterocycles. The molecule has 1 aromatic carbocycles. The van der Waals surface area contributed by atoms with Gasteiger partial charge >= 0.3 is 0 Å². The van der Waals surface area contributed by atoms with Gasteiger partial charge in [0.1, 0.15) is 0 Å². The Morgan fingerprint density at radius 3 is 2.45 bits per heavy atom. The maximum Gasteiger partial charge on any atom is 0.266 e. The molecule has 0 aromatic heterocycles. The number of thioether (sulfide) groups is 1. The molecular weight excluding hydrogens is 339 g/mol. The van der Waals surface area contributed by atoms with Crippen molar-refractivity contribution in [2.45, 2.75) is 39.8 Å². The number of benzene rings is 1. The average molecular weight is 357 g/mol. The quantitative estimate of drug-likeness (QED) is 0.707. The first kappa shape index (κ1) is 17.4. The summed E-state index contributed by atoms with van der Waals surface area (Å²) in [4.78, 5) is 19.5. The number of rotatable bonds is 3. The van der Waals surface area contributed by atoms with Crippen LogP contribution >= 0.6 is 35.0 Å². The van der Waals surface area contributed by atoms with E-state index in [2.05, 4.69) is 4.99 Å². The molecule has 118 valence electrons. The number of amides is 1. The van der Waals surface area contributed by atoms with Gasteiger partial charge in [-0.3, -0.25) is 14.7 Å². The highest BCUT2D eigenvalue weighted by molar-refractivity contribution is 8.18. The lowest BCUT2D eigenvalue weighted by Gasteiger charge is -2.20. The van der Waals surface area contributed by atoms with E-state index < -0.39 is 0 Å². The SMILES string of the molecule is CC(C)N=C1S/C(=C/c2ccc(Cl)cc2Cl)C(=O)N1C(C)C. The van der Waals surface area contributed by atoms with E-state index in [1.165, 1.54) is 11.8 Å². The average Bonchev–Trinajstić information content (AvgIpc) is 2.68. The van der Waals surface area contributed by atoms with E-state index in [-0.39, 0.29) is 18.0 Å². The minimum absolute atomic E-state index is 0.0367. The first-order valence-electron chi connectivity index (χ1n) is 7.05. The highest BCUT2D eigenvalue weighted by Crippen LogP contribution is 2.35. The summed E-state index contributed by atoms with van der Waals surface area (Å²) in [5.74, 6) is -0.0367. The fraction of sp³-hybridized carbons (Fsp3) is 0.375. The van der Waals surface area contributed by atoms with Crippen LogP contribution in [-0.4, -0.2) is 28.1 Å². The number of nitrogens with zero attached hydrogens (tertiary/aromatic N) is 2. The Labute approximate surface area is 145 Å². The summed E-state index contributed by atoms with van der Waals surface area (Å²) in [5, 5.41) is 1.84. The summed E-state index contributed by atoms with van der Waals surface area (Å²) in [5.41, 5.74) is 0.774. The van der Waals surface area contributed by atoms with Crippen LogP contribution in [0.2, 0.25) is 10.0 Å². The predicted molar refractivity (Wildman–Crippen MR) is 96.6 cm³/mol. The van der Waals surface area contributed by atoms with E-state index in [9.17, 15) is 4.79 Å². The number of amidine groups is 1. The summed E-state index contributed by atoms with van der Waals surface area (Å²) in [6, 6.07) is 5.43. The van der Waals surface area contributed by atoms with E-state index in [0.717, 1.165) is 10.7 Å². The lowest BCUT2D eigenvalue weighted by Crippen LogP contribution is -2.35. The zero-order valence-electron chi connectivity index (χ0n) is 12.9. The smallest absolute Gasteiger partial charge is 0.266 e. The van der Waals surface area contributed by atoms with Gasteiger partial charge in [0, 0.05) is 22.1 Å². The summed E-state index contributed by atoms with van der Waals surface area (Å²) in [7, 11) is 0. The lowest BCUT2D eigenvalue weighted by atomic mass is 10.2. The van der Waals surface area contributed by atoms with Crippen molar-refractivity contribution in [1.82, 2.24) is 4.90 Å². The molecule has 1 heterocycles. The Bertz CT molecular complexity index is 654. The molecule has 1 aliphatic heterocycles. The van der Waals surface area contributed by atoms with Crippen molar-refractivity contribution in [3.63, 3.8) is 0 Å². The molecule has 1 amide bonds. The fourth-order valence-electron chi connectivity index (χ4n) is 2.01. The van der Waals surface area contributed by atoms with Crippen molar-refractivity contribution in [1.29, 1.82) is 0 Å². The summed E-state index contributed by atoms with van der Waals surface area (Å²) >= 11 is 13.5. The number of aliphatic imine (C=N–C) groups is 1. The van der Waals surface area contributed by atoms with Crippen LogP contribution in [0.4, 0.5) is 0 Å². The van der Waals surface area contributed by atoms with Crippen LogP contribution in [0.15, 0.2) is 28.1 Å². The second-order valence-corrected chi connectivity index (χ2v) is 7.40. The molecule has 0 spiro atoms. The fourth-order valence-corrected chi connectivity index (χ4v) is 3.70. The second-order valence-electron chi connectivity index (χ2n) is 5.55. The largest absolute Gasteiger partial charge is 0.284 e. The normalized spacial score (nSPS) is 19.3. The molecule has 1 aromatic rings. The number of carbonyl (C=O) groups is 1. The van der Waals surface area contributed by atoms with Gasteiger partial charge in [0.2, 0.25) is 0 Å². The van der Waals surface area contributed by atoms with E-state index in [4.69, 9.17) is 23.2 Å². The van der Waals surface area contributed by atoms with Crippen LogP contribution in [0, 0.1) is 0 Å². The van der Waals surface area contributed by atoms with E-state index >= 15 is 0 Å². The third-order valence-electron chi connectivity index (χ3n) is 2.97. The van der Waals surface area contributed by atoms with E-state index in [0.29, 0.717) is 15.0 Å². The first-order chi connectivity index (χ1) is 10.3. The highest BCUT2D eigenvalue weighted by atomic mass is 35.5. The van der Waals surface area contributed by atoms with Crippen LogP contribution in [0.1, 0.15) is 33.3 Å². The number of carbonyl (C=O) groups excluding carboxylic acids is 1. The third-order valence-corrected chi connectivity index (χ3v) is 4.53. The van der Waals surface area contributed by atoms with Crippen LogP contribution in [-0.2, 0) is 4.79 Å². The van der Waals surface area contributed by atoms with Crippen LogP contribution in [0.25, 0.3) is 6.08 Å². The predicted octanol–water partition coefficient (Wildman–Crippen LogP) is 5.08. The Hall–Kier alpha value is -0.970. The van der Waals surface area contributed by atoms with Crippen LogP contribution in [0.3, 0.4) is 0 Å². The molecule has 1 fully saturated rings. The number of hydrogen-bond acceptors (Lipinski definition) is 3. The topological polar surface area (TPSA) is 32.7 Å². The van der Waals surface area contributed by atoms with Crippen molar-refractivity contribution in [2.24, 2.45) is 4.99 Å². The van der Waals surface area contributed by atoms with Crippen molar-refractivity contribution >= 4 is 52.1 Å². The van der Waals surface area contributed by atoms with E-state index in [1.807, 2.05) is 33.8 Å². The summed E-state index contributed by atoms with van der Waals surface area (Å²) in [6.45, 7) is 7.95. The molecule has 6 heteroatoms. The van der Waals surface area contributed by atoms with Gasteiger partial charge in [-0.25, -0.2) is 0 Å². The van der Waals surface area contributed by atoms with Crippen molar-refractivity contribution < 1.29 is 4.79 Å². The van der Waals surface area contributed by atoms with Gasteiger partial charge in [0.05, 0.1) is 4.91 Å². The molecule has 0 aliphatic carbocycles. The zero-order chi connectivity index (χ0) is 16.4. The maximum absolute atomic E-state index is 12.6. The minimum Gasteiger partial charge on any atom is -0.284 e. The van der Waals surface area contributed by atoms with Gasteiger partial charge in [-0.05, 0) is 63.2 Å². The van der Waals surface area contributed by atoms with Gasteiger partial charge in [0.15, 0.2) is 5.17 Å². The van der Waals surface area contributed by atoms with E-state index in [1.54, 1.807) is 23.1 Å². The Morgan fingerprint density at radius 2 is 1.91 bits per heavy atom. The molecule has 0 bridgehead atoms. The number of hydrogen-bond donors (Lipinski definition) is 0.